The van der Waals surface area contributed by atoms with E-state index in [1.54, 1.807) is 6.92 Å². The molecule has 2 aliphatic heterocycles. The number of rotatable bonds is 5. The highest BCUT2D eigenvalue weighted by Crippen LogP contribution is 2.63. The van der Waals surface area contributed by atoms with Crippen LogP contribution in [0.3, 0.4) is 0 Å². The van der Waals surface area contributed by atoms with Gasteiger partial charge in [-0.15, -0.1) is 23.5 Å². The third kappa shape index (κ3) is 3.71. The summed E-state index contributed by atoms with van der Waals surface area (Å²) in [4.78, 5) is 24.5. The van der Waals surface area contributed by atoms with Crippen LogP contribution >= 0.6 is 23.5 Å². The first kappa shape index (κ1) is 18.0. The van der Waals surface area contributed by atoms with Crippen LogP contribution in [0, 0.1) is 11.8 Å². The van der Waals surface area contributed by atoms with Crippen molar-refractivity contribution >= 4 is 35.5 Å². The lowest BCUT2D eigenvalue weighted by Crippen LogP contribution is -2.34. The van der Waals surface area contributed by atoms with Crippen LogP contribution in [0.5, 0.6) is 0 Å². The molecule has 2 saturated heterocycles. The Morgan fingerprint density at radius 2 is 1.72 bits per heavy atom. The zero-order valence-electron chi connectivity index (χ0n) is 15.3. The Balaban J connectivity index is 1.18. The molecule has 6 heteroatoms. The van der Waals surface area contributed by atoms with Crippen molar-refractivity contribution in [2.45, 2.75) is 85.4 Å². The number of hydrogen-bond donors (Lipinski definition) is 0. The van der Waals surface area contributed by atoms with Crippen molar-refractivity contribution in [1.29, 1.82) is 0 Å². The van der Waals surface area contributed by atoms with Crippen LogP contribution in [0.15, 0.2) is 0 Å². The molecule has 2 saturated carbocycles. The van der Waals surface area contributed by atoms with Gasteiger partial charge in [-0.05, 0) is 65.2 Å². The van der Waals surface area contributed by atoms with Gasteiger partial charge in [0.05, 0.1) is 12.5 Å². The molecule has 0 spiro atoms. The molecule has 4 fully saturated rings. The molecule has 0 N–H and O–H groups in total. The highest BCUT2D eigenvalue weighted by Gasteiger charge is 2.56. The molecule has 0 radical (unpaired) electrons. The normalized spacial score (nSPS) is 45.6. The number of thioether (sulfide) groups is 2. The third-order valence-corrected chi connectivity index (χ3v) is 10.1. The first-order valence-corrected chi connectivity index (χ1v) is 11.3. The molecule has 2 aliphatic carbocycles. The Morgan fingerprint density at radius 1 is 1.08 bits per heavy atom. The second-order valence-corrected chi connectivity index (χ2v) is 12.1. The number of fused-ring (bicyclic) bond motifs is 2. The number of ether oxygens (including phenoxy) is 2. The molecule has 0 aromatic carbocycles. The number of carbonyl (C=O) groups excluding carboxylic acids is 2. The van der Waals surface area contributed by atoms with E-state index in [1.807, 2.05) is 11.8 Å². The fraction of sp³-hybridized carbons (Fsp3) is 0.895. The van der Waals surface area contributed by atoms with Crippen LogP contribution < -0.4 is 0 Å². The molecule has 140 valence electrons. The van der Waals surface area contributed by atoms with Gasteiger partial charge in [0.25, 0.3) is 0 Å². The first-order valence-electron chi connectivity index (χ1n) is 9.52. The molecule has 2 heterocycles. The van der Waals surface area contributed by atoms with Gasteiger partial charge in [0.15, 0.2) is 6.10 Å². The van der Waals surface area contributed by atoms with Crippen molar-refractivity contribution in [3.05, 3.63) is 0 Å². The summed E-state index contributed by atoms with van der Waals surface area (Å²) >= 11 is 4.04. The molecular formula is C19H28O4S2. The summed E-state index contributed by atoms with van der Waals surface area (Å²) in [5, 5.41) is 1.34. The van der Waals surface area contributed by atoms with E-state index in [-0.39, 0.29) is 11.9 Å². The summed E-state index contributed by atoms with van der Waals surface area (Å²) in [7, 11) is 0. The van der Waals surface area contributed by atoms with Gasteiger partial charge >= 0.3 is 11.9 Å². The summed E-state index contributed by atoms with van der Waals surface area (Å²) in [5.74, 6) is -0.206. The molecule has 25 heavy (non-hydrogen) atoms. The predicted octanol–water partition coefficient (Wildman–Crippen LogP) is 3.81. The molecule has 4 aliphatic rings. The summed E-state index contributed by atoms with van der Waals surface area (Å²) in [5.41, 5.74) is 0. The maximum atomic E-state index is 12.3. The minimum Gasteiger partial charge on any atom is -0.463 e. The van der Waals surface area contributed by atoms with Gasteiger partial charge in [-0.2, -0.15) is 0 Å². The number of hydrogen-bond acceptors (Lipinski definition) is 6. The Morgan fingerprint density at radius 3 is 2.36 bits per heavy atom. The average Bonchev–Trinajstić information content (AvgIpc) is 3.44. The minimum absolute atomic E-state index is 0.0498. The Hall–Kier alpha value is -0.360. The highest BCUT2D eigenvalue weighted by molar-refractivity contribution is 8.08. The Kier molecular flexibility index (Phi) is 4.59. The lowest BCUT2D eigenvalue weighted by molar-refractivity contribution is -0.170. The van der Waals surface area contributed by atoms with Crippen LogP contribution in [0.4, 0.5) is 0 Å². The van der Waals surface area contributed by atoms with Crippen molar-refractivity contribution in [3.8, 4) is 0 Å². The van der Waals surface area contributed by atoms with Crippen LogP contribution in [0.1, 0.15) is 59.3 Å². The summed E-state index contributed by atoms with van der Waals surface area (Å²) in [6.45, 7) is 6.71. The molecule has 4 rings (SSSR count). The van der Waals surface area contributed by atoms with Gasteiger partial charge in [-0.25, -0.2) is 4.79 Å². The predicted molar refractivity (Wildman–Crippen MR) is 101 cm³/mol. The van der Waals surface area contributed by atoms with E-state index < -0.39 is 12.1 Å². The highest BCUT2D eigenvalue weighted by atomic mass is 32.2. The Bertz CT molecular complexity index is 582. The van der Waals surface area contributed by atoms with E-state index in [0.29, 0.717) is 27.3 Å². The lowest BCUT2D eigenvalue weighted by Gasteiger charge is -2.25. The number of carbonyl (C=O) groups is 2. The number of esters is 2. The smallest absolute Gasteiger partial charge is 0.347 e. The van der Waals surface area contributed by atoms with Gasteiger partial charge in [-0.3, -0.25) is 4.79 Å². The van der Waals surface area contributed by atoms with Gasteiger partial charge in [0, 0.05) is 20.0 Å². The van der Waals surface area contributed by atoms with E-state index in [4.69, 9.17) is 9.47 Å². The molecule has 5 unspecified atom stereocenters. The van der Waals surface area contributed by atoms with Gasteiger partial charge in [0.2, 0.25) is 0 Å². The molecule has 0 aromatic rings. The van der Waals surface area contributed by atoms with Crippen LogP contribution in [-0.4, -0.2) is 44.6 Å². The maximum absolute atomic E-state index is 12.3. The maximum Gasteiger partial charge on any atom is 0.347 e. The molecule has 0 bridgehead atoms. The lowest BCUT2D eigenvalue weighted by atomic mass is 9.83. The zero-order valence-corrected chi connectivity index (χ0v) is 16.9. The monoisotopic (exact) mass is 384 g/mol. The fourth-order valence-electron chi connectivity index (χ4n) is 4.37. The largest absolute Gasteiger partial charge is 0.463 e. The quantitative estimate of drug-likeness (QED) is 0.531. The summed E-state index contributed by atoms with van der Waals surface area (Å²) in [6, 6.07) is 0. The fourth-order valence-corrected chi connectivity index (χ4v) is 7.13. The Labute approximate surface area is 158 Å². The SMILES string of the molecule is CC(OC(=O)[C@H]1CCC2(C)SC2C1)C(=O)OCC1CC[C@]2(C)SC2C1. The van der Waals surface area contributed by atoms with Crippen LogP contribution in [0.2, 0.25) is 0 Å². The van der Waals surface area contributed by atoms with Gasteiger partial charge < -0.3 is 9.47 Å². The average molecular weight is 385 g/mol. The van der Waals surface area contributed by atoms with E-state index >= 15 is 0 Å². The summed E-state index contributed by atoms with van der Waals surface area (Å²) in [6.07, 6.45) is 5.53. The van der Waals surface area contributed by atoms with Crippen molar-refractivity contribution in [2.75, 3.05) is 6.61 Å². The minimum atomic E-state index is -0.795. The van der Waals surface area contributed by atoms with E-state index in [0.717, 1.165) is 37.4 Å². The van der Waals surface area contributed by atoms with Crippen LogP contribution in [0.25, 0.3) is 0 Å². The van der Waals surface area contributed by atoms with Crippen molar-refractivity contribution in [2.24, 2.45) is 11.8 Å². The second kappa shape index (κ2) is 6.36. The molecule has 7 atom stereocenters. The third-order valence-electron chi connectivity index (χ3n) is 6.57. The molecule has 0 aromatic heterocycles. The van der Waals surface area contributed by atoms with Gasteiger partial charge in [-0.1, -0.05) is 0 Å². The standard InChI is InChI=1S/C19H28O4S2/c1-11(23-17(21)13-5-7-19(3)15(9-13)25-19)16(20)22-10-12-4-6-18(2)14(8-12)24-18/h11-15H,4-10H2,1-3H3/t11?,12?,13-,14?,15?,18-,19?/m0/s1. The van der Waals surface area contributed by atoms with Crippen LogP contribution in [-0.2, 0) is 19.1 Å². The van der Waals surface area contributed by atoms with Crippen molar-refractivity contribution < 1.29 is 19.1 Å². The summed E-state index contributed by atoms with van der Waals surface area (Å²) < 4.78 is 11.8. The first-order chi connectivity index (χ1) is 11.8. The molecular weight excluding hydrogens is 356 g/mol. The van der Waals surface area contributed by atoms with Crippen molar-refractivity contribution in [3.63, 3.8) is 0 Å². The molecule has 0 amide bonds. The second-order valence-electron chi connectivity index (χ2n) is 8.66. The topological polar surface area (TPSA) is 52.6 Å². The van der Waals surface area contributed by atoms with Gasteiger partial charge in [0.1, 0.15) is 0 Å². The zero-order chi connectivity index (χ0) is 17.8. The van der Waals surface area contributed by atoms with E-state index in [9.17, 15) is 9.59 Å². The van der Waals surface area contributed by atoms with Crippen molar-refractivity contribution in [1.82, 2.24) is 0 Å². The van der Waals surface area contributed by atoms with E-state index in [1.165, 1.54) is 6.42 Å². The molecule has 4 nitrogen and oxygen atoms in total. The van der Waals surface area contributed by atoms with E-state index in [2.05, 4.69) is 25.6 Å².